The Morgan fingerprint density at radius 3 is 2.34 bits per heavy atom. The third-order valence-electron chi connectivity index (χ3n) is 6.46. The number of rotatable bonds is 7. The monoisotopic (exact) mass is 520 g/mol. The lowest BCUT2D eigenvalue weighted by molar-refractivity contribution is 0.122. The SMILES string of the molecule is CCNC(=O)Nc1ccc(-c2nc3c(c(N4CCOCC4)n2)CCN(c2nc(OC)cc(OC)n2)C3)cc1. The first kappa shape index (κ1) is 25.5. The number of anilines is 3. The minimum absolute atomic E-state index is 0.239. The Kier molecular flexibility index (Phi) is 7.68. The highest BCUT2D eigenvalue weighted by Gasteiger charge is 2.28. The maximum atomic E-state index is 11.9. The predicted molar refractivity (Wildman–Crippen MR) is 143 cm³/mol. The maximum Gasteiger partial charge on any atom is 0.319 e. The van der Waals surface area contributed by atoms with Crippen molar-refractivity contribution < 1.29 is 19.0 Å². The van der Waals surface area contributed by atoms with E-state index in [2.05, 4.69) is 30.4 Å². The van der Waals surface area contributed by atoms with Crippen molar-refractivity contribution in [2.45, 2.75) is 19.9 Å². The maximum absolute atomic E-state index is 11.9. The van der Waals surface area contributed by atoms with Gasteiger partial charge >= 0.3 is 6.03 Å². The smallest absolute Gasteiger partial charge is 0.319 e. The van der Waals surface area contributed by atoms with Gasteiger partial charge in [0.05, 0.1) is 45.7 Å². The number of urea groups is 1. The molecule has 2 aromatic heterocycles. The standard InChI is InChI=1S/C26H32N8O4/c1-4-27-26(35)28-18-7-5-17(6-8-18)23-29-20-16-34(25-30-21(36-2)15-22(31-25)37-3)10-9-19(20)24(32-23)33-11-13-38-14-12-33/h5-8,15H,4,9-14,16H2,1-3H3,(H2,27,28,35). The fourth-order valence-electron chi connectivity index (χ4n) is 4.53. The number of benzene rings is 1. The van der Waals surface area contributed by atoms with Gasteiger partial charge in [-0.3, -0.25) is 0 Å². The van der Waals surface area contributed by atoms with Crippen LogP contribution in [0, 0.1) is 0 Å². The molecule has 0 bridgehead atoms. The zero-order valence-electron chi connectivity index (χ0n) is 21.9. The summed E-state index contributed by atoms with van der Waals surface area (Å²) in [6, 6.07) is 8.96. The van der Waals surface area contributed by atoms with Gasteiger partial charge < -0.3 is 34.6 Å². The molecular formula is C26H32N8O4. The third-order valence-corrected chi connectivity index (χ3v) is 6.46. The molecule has 0 radical (unpaired) electrons. The first-order chi connectivity index (χ1) is 18.6. The topological polar surface area (TPSA) is 127 Å². The van der Waals surface area contributed by atoms with E-state index in [-0.39, 0.29) is 6.03 Å². The molecule has 2 aliphatic rings. The Morgan fingerprint density at radius 2 is 1.68 bits per heavy atom. The van der Waals surface area contributed by atoms with E-state index in [9.17, 15) is 4.79 Å². The number of amides is 2. The highest BCUT2D eigenvalue weighted by molar-refractivity contribution is 5.89. The van der Waals surface area contributed by atoms with Crippen molar-refractivity contribution in [2.75, 3.05) is 68.7 Å². The van der Waals surface area contributed by atoms with Crippen LogP contribution in [0.1, 0.15) is 18.2 Å². The zero-order valence-corrected chi connectivity index (χ0v) is 21.9. The summed E-state index contributed by atoms with van der Waals surface area (Å²) in [5.74, 6) is 2.98. The van der Waals surface area contributed by atoms with Crippen LogP contribution < -0.4 is 29.9 Å². The molecule has 4 heterocycles. The first-order valence-electron chi connectivity index (χ1n) is 12.7. The highest BCUT2D eigenvalue weighted by Crippen LogP contribution is 2.32. The zero-order chi connectivity index (χ0) is 26.5. The number of nitrogens with one attached hydrogen (secondary N) is 2. The molecule has 12 nitrogen and oxygen atoms in total. The Morgan fingerprint density at radius 1 is 0.974 bits per heavy atom. The summed E-state index contributed by atoms with van der Waals surface area (Å²) in [5.41, 5.74) is 3.62. The molecule has 0 spiro atoms. The molecule has 200 valence electrons. The van der Waals surface area contributed by atoms with Crippen LogP contribution in [0.2, 0.25) is 0 Å². The van der Waals surface area contributed by atoms with Gasteiger partial charge in [-0.05, 0) is 37.6 Å². The molecule has 1 fully saturated rings. The molecule has 2 N–H and O–H groups in total. The van der Waals surface area contributed by atoms with Crippen LogP contribution in [0.15, 0.2) is 30.3 Å². The molecule has 12 heteroatoms. The van der Waals surface area contributed by atoms with E-state index in [0.29, 0.717) is 62.1 Å². The van der Waals surface area contributed by atoms with Crippen LogP contribution in [-0.4, -0.2) is 79.6 Å². The number of hydrogen-bond donors (Lipinski definition) is 2. The normalized spacial score (nSPS) is 15.0. The van der Waals surface area contributed by atoms with Gasteiger partial charge in [-0.1, -0.05) is 0 Å². The van der Waals surface area contributed by atoms with Crippen LogP contribution in [0.5, 0.6) is 11.8 Å². The number of ether oxygens (including phenoxy) is 3. The number of morpholine rings is 1. The molecule has 2 amide bonds. The molecule has 5 rings (SSSR count). The quantitative estimate of drug-likeness (QED) is 0.480. The van der Waals surface area contributed by atoms with Gasteiger partial charge in [0.15, 0.2) is 5.82 Å². The molecule has 3 aromatic rings. The predicted octanol–water partition coefficient (Wildman–Crippen LogP) is 2.49. The number of fused-ring (bicyclic) bond motifs is 1. The van der Waals surface area contributed by atoms with Crippen LogP contribution >= 0.6 is 0 Å². The molecule has 0 unspecified atom stereocenters. The van der Waals surface area contributed by atoms with Crippen molar-refractivity contribution in [3.05, 3.63) is 41.6 Å². The van der Waals surface area contributed by atoms with Crippen LogP contribution in [0.4, 0.5) is 22.2 Å². The minimum Gasteiger partial charge on any atom is -0.481 e. The van der Waals surface area contributed by atoms with Gasteiger partial charge in [0.25, 0.3) is 0 Å². The average Bonchev–Trinajstić information content (AvgIpc) is 2.97. The van der Waals surface area contributed by atoms with Gasteiger partial charge in [-0.2, -0.15) is 9.97 Å². The van der Waals surface area contributed by atoms with E-state index in [1.807, 2.05) is 31.2 Å². The molecule has 38 heavy (non-hydrogen) atoms. The lowest BCUT2D eigenvalue weighted by Crippen LogP contribution is -2.40. The summed E-state index contributed by atoms with van der Waals surface area (Å²) in [7, 11) is 3.14. The molecule has 1 aromatic carbocycles. The molecule has 0 atom stereocenters. The van der Waals surface area contributed by atoms with Gasteiger partial charge in [0.2, 0.25) is 17.7 Å². The molecule has 2 aliphatic heterocycles. The summed E-state index contributed by atoms with van der Waals surface area (Å²) < 4.78 is 16.3. The summed E-state index contributed by atoms with van der Waals surface area (Å²) in [6.07, 6.45) is 0.751. The number of hydrogen-bond acceptors (Lipinski definition) is 10. The van der Waals surface area contributed by atoms with Crippen LogP contribution in [0.25, 0.3) is 11.4 Å². The van der Waals surface area contributed by atoms with Crippen molar-refractivity contribution >= 4 is 23.5 Å². The van der Waals surface area contributed by atoms with E-state index < -0.39 is 0 Å². The Balaban J connectivity index is 1.48. The van der Waals surface area contributed by atoms with Crippen LogP contribution in [-0.2, 0) is 17.7 Å². The Labute approximate surface area is 221 Å². The van der Waals surface area contributed by atoms with Gasteiger partial charge in [-0.25, -0.2) is 14.8 Å². The third kappa shape index (κ3) is 5.54. The van der Waals surface area contributed by atoms with E-state index >= 15 is 0 Å². The second kappa shape index (κ2) is 11.5. The minimum atomic E-state index is -0.239. The lowest BCUT2D eigenvalue weighted by atomic mass is 10.0. The molecular weight excluding hydrogens is 488 g/mol. The molecule has 0 saturated carbocycles. The number of carbonyl (C=O) groups excluding carboxylic acids is 1. The van der Waals surface area contributed by atoms with Gasteiger partial charge in [0.1, 0.15) is 5.82 Å². The average molecular weight is 521 g/mol. The Bertz CT molecular complexity index is 1260. The van der Waals surface area contributed by atoms with Crippen molar-refractivity contribution in [2.24, 2.45) is 0 Å². The van der Waals surface area contributed by atoms with Gasteiger partial charge in [-0.15, -0.1) is 0 Å². The number of carbonyl (C=O) groups is 1. The van der Waals surface area contributed by atoms with Crippen molar-refractivity contribution in [1.29, 1.82) is 0 Å². The summed E-state index contributed by atoms with van der Waals surface area (Å²) >= 11 is 0. The fraction of sp³-hybridized carbons (Fsp3) is 0.423. The fourth-order valence-corrected chi connectivity index (χ4v) is 4.53. The Hall–Kier alpha value is -4.19. The van der Waals surface area contributed by atoms with E-state index in [4.69, 9.17) is 24.2 Å². The largest absolute Gasteiger partial charge is 0.481 e. The van der Waals surface area contributed by atoms with E-state index in [1.165, 1.54) is 0 Å². The van der Waals surface area contributed by atoms with Crippen molar-refractivity contribution in [1.82, 2.24) is 25.3 Å². The highest BCUT2D eigenvalue weighted by atomic mass is 16.5. The van der Waals surface area contributed by atoms with E-state index in [1.54, 1.807) is 20.3 Å². The van der Waals surface area contributed by atoms with Gasteiger partial charge in [0, 0.05) is 43.0 Å². The first-order valence-corrected chi connectivity index (χ1v) is 12.7. The molecule has 1 saturated heterocycles. The molecule has 0 aliphatic carbocycles. The summed E-state index contributed by atoms with van der Waals surface area (Å²) in [6.45, 7) is 6.55. The van der Waals surface area contributed by atoms with E-state index in [0.717, 1.165) is 42.1 Å². The number of methoxy groups -OCH3 is 2. The van der Waals surface area contributed by atoms with Crippen LogP contribution in [0.3, 0.4) is 0 Å². The summed E-state index contributed by atoms with van der Waals surface area (Å²) in [5, 5.41) is 5.55. The van der Waals surface area contributed by atoms with Crippen molar-refractivity contribution in [3.8, 4) is 23.1 Å². The second-order valence-corrected chi connectivity index (χ2v) is 8.88. The summed E-state index contributed by atoms with van der Waals surface area (Å²) in [4.78, 5) is 35.3. The lowest BCUT2D eigenvalue weighted by Gasteiger charge is -2.34. The second-order valence-electron chi connectivity index (χ2n) is 8.88. The van der Waals surface area contributed by atoms with Crippen molar-refractivity contribution in [3.63, 3.8) is 0 Å². The number of nitrogens with zero attached hydrogens (tertiary/aromatic N) is 6. The number of aromatic nitrogens is 4.